The van der Waals surface area contributed by atoms with Gasteiger partial charge in [0.2, 0.25) is 0 Å². The van der Waals surface area contributed by atoms with Gasteiger partial charge >= 0.3 is 0 Å². The van der Waals surface area contributed by atoms with Gasteiger partial charge in [0, 0.05) is 30.7 Å². The summed E-state index contributed by atoms with van der Waals surface area (Å²) in [4.78, 5) is 5.08. The van der Waals surface area contributed by atoms with Gasteiger partial charge in [-0.15, -0.1) is 0 Å². The lowest BCUT2D eigenvalue weighted by molar-refractivity contribution is 0.128. The van der Waals surface area contributed by atoms with E-state index in [9.17, 15) is 0 Å². The summed E-state index contributed by atoms with van der Waals surface area (Å²) in [6.45, 7) is 9.06. The van der Waals surface area contributed by atoms with Crippen LogP contribution in [0.3, 0.4) is 0 Å². The first-order chi connectivity index (χ1) is 9.27. The molecule has 0 radical (unpaired) electrons. The zero-order valence-electron chi connectivity index (χ0n) is 12.7. The molecule has 0 amide bonds. The van der Waals surface area contributed by atoms with Crippen molar-refractivity contribution in [3.05, 3.63) is 30.3 Å². The average molecular weight is 260 g/mol. The molecule has 2 aliphatic rings. The molecule has 2 saturated heterocycles. The van der Waals surface area contributed by atoms with Crippen molar-refractivity contribution in [2.45, 2.75) is 33.1 Å². The van der Waals surface area contributed by atoms with Crippen molar-refractivity contribution in [3.63, 3.8) is 0 Å². The van der Waals surface area contributed by atoms with Crippen molar-refractivity contribution in [3.8, 4) is 0 Å². The molecule has 1 aromatic carbocycles. The van der Waals surface area contributed by atoms with Crippen LogP contribution in [0.2, 0.25) is 0 Å². The third kappa shape index (κ3) is 3.30. The molecule has 3 rings (SSSR count). The van der Waals surface area contributed by atoms with Crippen LogP contribution in [0.1, 0.15) is 33.1 Å². The Labute approximate surface area is 118 Å². The highest BCUT2D eigenvalue weighted by Gasteiger charge is 2.40. The number of piperidine rings is 1. The molecule has 0 saturated carbocycles. The van der Waals surface area contributed by atoms with E-state index >= 15 is 0 Å². The lowest BCUT2D eigenvalue weighted by Gasteiger charge is -2.38. The maximum atomic E-state index is 2.57. The van der Waals surface area contributed by atoms with E-state index in [1.807, 2.05) is 13.8 Å². The first-order valence-electron chi connectivity index (χ1n) is 7.76. The normalized spacial score (nSPS) is 27.2. The number of likely N-dealkylation sites (tertiary alicyclic amines) is 1. The number of benzene rings is 1. The van der Waals surface area contributed by atoms with Crippen LogP contribution in [0, 0.1) is 5.41 Å². The van der Waals surface area contributed by atoms with Gasteiger partial charge in [-0.3, -0.25) is 0 Å². The average Bonchev–Trinajstić information content (AvgIpc) is 2.85. The van der Waals surface area contributed by atoms with Crippen molar-refractivity contribution in [1.29, 1.82) is 0 Å². The second-order valence-corrected chi connectivity index (χ2v) is 5.85. The molecule has 2 heterocycles. The summed E-state index contributed by atoms with van der Waals surface area (Å²) < 4.78 is 0. The minimum absolute atomic E-state index is 0.572. The largest absolute Gasteiger partial charge is 0.371 e. The molecular formula is C17H28N2. The van der Waals surface area contributed by atoms with Gasteiger partial charge in [0.25, 0.3) is 0 Å². The highest BCUT2D eigenvalue weighted by molar-refractivity contribution is 5.47. The fourth-order valence-corrected chi connectivity index (χ4v) is 3.58. The van der Waals surface area contributed by atoms with E-state index in [2.05, 4.69) is 47.2 Å². The van der Waals surface area contributed by atoms with Crippen molar-refractivity contribution < 1.29 is 0 Å². The first kappa shape index (κ1) is 14.4. The van der Waals surface area contributed by atoms with Gasteiger partial charge in [0.05, 0.1) is 0 Å². The SMILES string of the molecule is CC.CN1CCCC2(CCN(c3ccccc3)C2)C1. The summed E-state index contributed by atoms with van der Waals surface area (Å²) in [6, 6.07) is 10.9. The molecule has 1 aromatic rings. The van der Waals surface area contributed by atoms with Gasteiger partial charge in [-0.1, -0.05) is 32.0 Å². The lowest BCUT2D eigenvalue weighted by atomic mass is 9.79. The highest BCUT2D eigenvalue weighted by atomic mass is 15.2. The van der Waals surface area contributed by atoms with Crippen molar-refractivity contribution in [1.82, 2.24) is 4.90 Å². The van der Waals surface area contributed by atoms with E-state index in [4.69, 9.17) is 0 Å². The second kappa shape index (κ2) is 6.42. The molecule has 0 aliphatic carbocycles. The van der Waals surface area contributed by atoms with Crippen LogP contribution in [0.15, 0.2) is 30.3 Å². The number of para-hydroxylation sites is 1. The molecule has 0 aromatic heterocycles. The third-order valence-electron chi connectivity index (χ3n) is 4.41. The van der Waals surface area contributed by atoms with Gasteiger partial charge in [-0.05, 0) is 45.0 Å². The van der Waals surface area contributed by atoms with Gasteiger partial charge in [0.1, 0.15) is 0 Å². The van der Waals surface area contributed by atoms with Crippen molar-refractivity contribution in [2.75, 3.05) is 38.1 Å². The maximum absolute atomic E-state index is 2.57. The van der Waals surface area contributed by atoms with E-state index in [-0.39, 0.29) is 0 Å². The standard InChI is InChI=1S/C15H22N2.C2H6/c1-16-10-5-8-15(12-16)9-11-17(13-15)14-6-3-2-4-7-14;1-2/h2-4,6-7H,5,8-13H2,1H3;1-2H3. The van der Waals surface area contributed by atoms with Crippen molar-refractivity contribution >= 4 is 5.69 Å². The van der Waals surface area contributed by atoms with Crippen LogP contribution >= 0.6 is 0 Å². The van der Waals surface area contributed by atoms with Crippen LogP contribution in [-0.2, 0) is 0 Å². The Morgan fingerprint density at radius 3 is 2.37 bits per heavy atom. The van der Waals surface area contributed by atoms with Crippen LogP contribution in [0.4, 0.5) is 5.69 Å². The van der Waals surface area contributed by atoms with Gasteiger partial charge in [-0.25, -0.2) is 0 Å². The van der Waals surface area contributed by atoms with E-state index in [1.165, 1.54) is 51.1 Å². The Hall–Kier alpha value is -1.02. The monoisotopic (exact) mass is 260 g/mol. The van der Waals surface area contributed by atoms with Crippen molar-refractivity contribution in [2.24, 2.45) is 5.41 Å². The number of anilines is 1. The smallest absolute Gasteiger partial charge is 0.0366 e. The summed E-state index contributed by atoms with van der Waals surface area (Å²) in [7, 11) is 2.27. The summed E-state index contributed by atoms with van der Waals surface area (Å²) >= 11 is 0. The Kier molecular flexibility index (Phi) is 4.87. The van der Waals surface area contributed by atoms with Crippen LogP contribution in [-0.4, -0.2) is 38.1 Å². The zero-order valence-corrected chi connectivity index (χ0v) is 12.7. The van der Waals surface area contributed by atoms with Gasteiger partial charge in [-0.2, -0.15) is 0 Å². The molecule has 106 valence electrons. The van der Waals surface area contributed by atoms with E-state index < -0.39 is 0 Å². The maximum Gasteiger partial charge on any atom is 0.0366 e. The van der Waals surface area contributed by atoms with Crippen LogP contribution in [0.25, 0.3) is 0 Å². The molecule has 19 heavy (non-hydrogen) atoms. The highest BCUT2D eigenvalue weighted by Crippen LogP contribution is 2.40. The van der Waals surface area contributed by atoms with Crippen LogP contribution in [0.5, 0.6) is 0 Å². The Balaban J connectivity index is 0.000000637. The molecule has 0 N–H and O–H groups in total. The second-order valence-electron chi connectivity index (χ2n) is 5.85. The number of nitrogens with zero attached hydrogens (tertiary/aromatic N) is 2. The first-order valence-corrected chi connectivity index (χ1v) is 7.76. The molecule has 2 fully saturated rings. The minimum atomic E-state index is 0.572. The number of hydrogen-bond donors (Lipinski definition) is 0. The predicted molar refractivity (Wildman–Crippen MR) is 83.8 cm³/mol. The quantitative estimate of drug-likeness (QED) is 0.760. The Morgan fingerprint density at radius 2 is 1.68 bits per heavy atom. The molecule has 2 aliphatic heterocycles. The van der Waals surface area contributed by atoms with Gasteiger partial charge in [0.15, 0.2) is 0 Å². The third-order valence-corrected chi connectivity index (χ3v) is 4.41. The molecule has 2 nitrogen and oxygen atoms in total. The summed E-state index contributed by atoms with van der Waals surface area (Å²) in [6.07, 6.45) is 4.16. The molecule has 1 atom stereocenters. The number of rotatable bonds is 1. The summed E-state index contributed by atoms with van der Waals surface area (Å²) in [5.74, 6) is 0. The molecule has 2 heteroatoms. The topological polar surface area (TPSA) is 6.48 Å². The molecule has 1 spiro atoms. The Bertz CT molecular complexity index is 376. The minimum Gasteiger partial charge on any atom is -0.371 e. The number of hydrogen-bond acceptors (Lipinski definition) is 2. The zero-order chi connectivity index (χ0) is 13.7. The fraction of sp³-hybridized carbons (Fsp3) is 0.647. The summed E-state index contributed by atoms with van der Waals surface area (Å²) in [5.41, 5.74) is 1.97. The molecular weight excluding hydrogens is 232 g/mol. The van der Waals surface area contributed by atoms with E-state index in [1.54, 1.807) is 0 Å². The van der Waals surface area contributed by atoms with Crippen LogP contribution < -0.4 is 4.90 Å². The summed E-state index contributed by atoms with van der Waals surface area (Å²) in [5, 5.41) is 0. The fourth-order valence-electron chi connectivity index (χ4n) is 3.58. The van der Waals surface area contributed by atoms with E-state index in [0.717, 1.165) is 0 Å². The predicted octanol–water partition coefficient (Wildman–Crippen LogP) is 3.63. The Morgan fingerprint density at radius 1 is 0.947 bits per heavy atom. The molecule has 1 unspecified atom stereocenters. The molecule has 0 bridgehead atoms. The van der Waals surface area contributed by atoms with E-state index in [0.29, 0.717) is 5.41 Å². The lowest BCUT2D eigenvalue weighted by Crippen LogP contribution is -2.42. The van der Waals surface area contributed by atoms with Gasteiger partial charge < -0.3 is 9.80 Å².